The molecule has 4 heteroatoms. The molecule has 2 aliphatic rings. The fraction of sp³-hybridized carbons (Fsp3) is 0.588. The summed E-state index contributed by atoms with van der Waals surface area (Å²) in [7, 11) is 0. The molecule has 1 amide bonds. The van der Waals surface area contributed by atoms with Gasteiger partial charge in [-0.2, -0.15) is 0 Å². The van der Waals surface area contributed by atoms with Crippen molar-refractivity contribution in [2.75, 3.05) is 19.6 Å². The lowest BCUT2D eigenvalue weighted by Gasteiger charge is -2.33. The molecule has 3 rings (SSSR count). The average Bonchev–Trinajstić information content (AvgIpc) is 2.80. The van der Waals surface area contributed by atoms with Crippen LogP contribution in [0.15, 0.2) is 24.3 Å². The maximum Gasteiger partial charge on any atom is 0.229 e. The van der Waals surface area contributed by atoms with Crippen LogP contribution in [0.2, 0.25) is 0 Å². The number of halogens is 1. The summed E-state index contributed by atoms with van der Waals surface area (Å²) in [4.78, 5) is 14.8. The zero-order valence-electron chi connectivity index (χ0n) is 12.6. The van der Waals surface area contributed by atoms with E-state index in [9.17, 15) is 9.18 Å². The predicted octanol–water partition coefficient (Wildman–Crippen LogP) is 2.36. The molecule has 21 heavy (non-hydrogen) atoms. The van der Waals surface area contributed by atoms with E-state index in [-0.39, 0.29) is 17.3 Å². The Hall–Kier alpha value is -1.42. The summed E-state index contributed by atoms with van der Waals surface area (Å²) in [6.07, 6.45) is 3.71. The van der Waals surface area contributed by atoms with Gasteiger partial charge in [0.05, 0.1) is 5.41 Å². The van der Waals surface area contributed by atoms with Crippen molar-refractivity contribution in [3.8, 4) is 0 Å². The number of nitrogens with one attached hydrogen (secondary N) is 1. The first-order valence-electron chi connectivity index (χ1n) is 7.87. The molecule has 3 nitrogen and oxygen atoms in total. The molecule has 1 N–H and O–H groups in total. The number of rotatable bonds is 3. The number of carbonyl (C=O) groups is 1. The molecular weight excluding hydrogens is 267 g/mol. The molecule has 114 valence electrons. The van der Waals surface area contributed by atoms with Crippen LogP contribution in [0.4, 0.5) is 4.39 Å². The third-order valence-corrected chi connectivity index (χ3v) is 5.08. The van der Waals surface area contributed by atoms with E-state index in [1.54, 1.807) is 0 Å². The standard InChI is InChI=1S/C17H23FN2O/c1-13(12-14-2-4-15(18)5-3-14)20-11-8-17(16(20)21)6-9-19-10-7-17/h2-5,13,19H,6-12H2,1H3. The molecule has 1 atom stereocenters. The molecule has 0 radical (unpaired) electrons. The molecule has 2 aliphatic heterocycles. The number of carbonyl (C=O) groups excluding carboxylic acids is 1. The molecule has 1 unspecified atom stereocenters. The zero-order valence-corrected chi connectivity index (χ0v) is 12.6. The topological polar surface area (TPSA) is 32.3 Å². The van der Waals surface area contributed by atoms with Gasteiger partial charge in [-0.25, -0.2) is 4.39 Å². The highest BCUT2D eigenvalue weighted by molar-refractivity contribution is 5.85. The number of likely N-dealkylation sites (tertiary alicyclic amines) is 1. The molecule has 2 saturated heterocycles. The van der Waals surface area contributed by atoms with Gasteiger partial charge in [-0.05, 0) is 63.4 Å². The predicted molar refractivity (Wildman–Crippen MR) is 80.4 cm³/mol. The van der Waals surface area contributed by atoms with E-state index in [4.69, 9.17) is 0 Å². The SMILES string of the molecule is CC(Cc1ccc(F)cc1)N1CCC2(CCNCC2)C1=O. The van der Waals surface area contributed by atoms with Crippen LogP contribution in [-0.4, -0.2) is 36.5 Å². The van der Waals surface area contributed by atoms with Gasteiger partial charge >= 0.3 is 0 Å². The molecule has 0 bridgehead atoms. The van der Waals surface area contributed by atoms with Gasteiger partial charge < -0.3 is 10.2 Å². The Balaban J connectivity index is 1.66. The largest absolute Gasteiger partial charge is 0.339 e. The number of nitrogens with zero attached hydrogens (tertiary/aromatic N) is 1. The zero-order chi connectivity index (χ0) is 14.9. The van der Waals surface area contributed by atoms with Crippen LogP contribution in [-0.2, 0) is 11.2 Å². The van der Waals surface area contributed by atoms with Crippen molar-refractivity contribution in [3.63, 3.8) is 0 Å². The average molecular weight is 290 g/mol. The van der Waals surface area contributed by atoms with Crippen molar-refractivity contribution >= 4 is 5.91 Å². The second-order valence-electron chi connectivity index (χ2n) is 6.46. The number of amides is 1. The highest BCUT2D eigenvalue weighted by Crippen LogP contribution is 2.40. The van der Waals surface area contributed by atoms with Crippen molar-refractivity contribution in [3.05, 3.63) is 35.6 Å². The summed E-state index contributed by atoms with van der Waals surface area (Å²) in [5.74, 6) is 0.121. The normalized spacial score (nSPS) is 22.8. The summed E-state index contributed by atoms with van der Waals surface area (Å²) in [5.41, 5.74) is 0.977. The van der Waals surface area contributed by atoms with Gasteiger partial charge in [0.1, 0.15) is 5.82 Å². The van der Waals surface area contributed by atoms with E-state index in [0.29, 0.717) is 5.91 Å². The van der Waals surface area contributed by atoms with Crippen LogP contribution < -0.4 is 5.32 Å². The summed E-state index contributed by atoms with van der Waals surface area (Å²) in [6, 6.07) is 6.78. The molecule has 0 saturated carbocycles. The summed E-state index contributed by atoms with van der Waals surface area (Å²) in [6.45, 7) is 4.86. The lowest BCUT2D eigenvalue weighted by atomic mass is 9.77. The van der Waals surface area contributed by atoms with Crippen molar-refractivity contribution in [2.45, 2.75) is 38.6 Å². The second-order valence-corrected chi connectivity index (χ2v) is 6.46. The lowest BCUT2D eigenvalue weighted by Crippen LogP contribution is -2.45. The minimum Gasteiger partial charge on any atom is -0.339 e. The highest BCUT2D eigenvalue weighted by atomic mass is 19.1. The van der Waals surface area contributed by atoms with Crippen molar-refractivity contribution in [1.82, 2.24) is 10.2 Å². The third kappa shape index (κ3) is 2.82. The Labute approximate surface area is 125 Å². The summed E-state index contributed by atoms with van der Waals surface area (Å²) < 4.78 is 13.0. The molecule has 2 fully saturated rings. The van der Waals surface area contributed by atoms with Crippen molar-refractivity contribution in [2.24, 2.45) is 5.41 Å². The smallest absolute Gasteiger partial charge is 0.229 e. The van der Waals surface area contributed by atoms with Gasteiger partial charge in [0, 0.05) is 12.6 Å². The van der Waals surface area contributed by atoms with Crippen LogP contribution in [0.25, 0.3) is 0 Å². The molecule has 0 aliphatic carbocycles. The first-order valence-corrected chi connectivity index (χ1v) is 7.87. The Morgan fingerprint density at radius 3 is 2.57 bits per heavy atom. The molecular formula is C17H23FN2O. The first-order chi connectivity index (χ1) is 10.1. The van der Waals surface area contributed by atoms with Crippen LogP contribution in [0.5, 0.6) is 0 Å². The quantitative estimate of drug-likeness (QED) is 0.927. The maximum atomic E-state index is 13.0. The van der Waals surface area contributed by atoms with Crippen LogP contribution >= 0.6 is 0 Å². The number of benzene rings is 1. The highest BCUT2D eigenvalue weighted by Gasteiger charge is 2.47. The molecule has 1 spiro atoms. The molecule has 1 aromatic carbocycles. The van der Waals surface area contributed by atoms with Crippen molar-refractivity contribution < 1.29 is 9.18 Å². The number of hydrogen-bond donors (Lipinski definition) is 1. The van der Waals surface area contributed by atoms with E-state index in [0.717, 1.165) is 50.9 Å². The summed E-state index contributed by atoms with van der Waals surface area (Å²) >= 11 is 0. The van der Waals surface area contributed by atoms with Gasteiger partial charge in [0.2, 0.25) is 5.91 Å². The van der Waals surface area contributed by atoms with Crippen LogP contribution in [0.1, 0.15) is 31.7 Å². The Morgan fingerprint density at radius 2 is 1.90 bits per heavy atom. The van der Waals surface area contributed by atoms with Crippen LogP contribution in [0.3, 0.4) is 0 Å². The Bertz CT molecular complexity index is 508. The Morgan fingerprint density at radius 1 is 1.24 bits per heavy atom. The maximum absolute atomic E-state index is 13.0. The molecule has 0 aromatic heterocycles. The fourth-order valence-corrected chi connectivity index (χ4v) is 3.71. The van der Waals surface area contributed by atoms with E-state index in [2.05, 4.69) is 12.2 Å². The van der Waals surface area contributed by atoms with Gasteiger partial charge in [0.25, 0.3) is 0 Å². The number of hydrogen-bond acceptors (Lipinski definition) is 2. The Kier molecular flexibility index (Phi) is 3.98. The minimum atomic E-state index is -0.211. The summed E-state index contributed by atoms with van der Waals surface area (Å²) in [5, 5.41) is 3.34. The molecule has 2 heterocycles. The van der Waals surface area contributed by atoms with E-state index >= 15 is 0 Å². The minimum absolute atomic E-state index is 0.109. The fourth-order valence-electron chi connectivity index (χ4n) is 3.71. The van der Waals surface area contributed by atoms with E-state index in [1.165, 1.54) is 12.1 Å². The van der Waals surface area contributed by atoms with Crippen LogP contribution in [0, 0.1) is 11.2 Å². The first kappa shape index (κ1) is 14.5. The van der Waals surface area contributed by atoms with E-state index in [1.807, 2.05) is 17.0 Å². The third-order valence-electron chi connectivity index (χ3n) is 5.08. The van der Waals surface area contributed by atoms with E-state index < -0.39 is 0 Å². The second kappa shape index (κ2) is 5.76. The number of piperidine rings is 1. The van der Waals surface area contributed by atoms with Gasteiger partial charge in [0.15, 0.2) is 0 Å². The lowest BCUT2D eigenvalue weighted by molar-refractivity contribution is -0.138. The van der Waals surface area contributed by atoms with Gasteiger partial charge in [-0.3, -0.25) is 4.79 Å². The van der Waals surface area contributed by atoms with Crippen molar-refractivity contribution in [1.29, 1.82) is 0 Å². The molecule has 1 aromatic rings. The van der Waals surface area contributed by atoms with Gasteiger partial charge in [-0.1, -0.05) is 12.1 Å². The van der Waals surface area contributed by atoms with Gasteiger partial charge in [-0.15, -0.1) is 0 Å². The monoisotopic (exact) mass is 290 g/mol.